The second-order valence-corrected chi connectivity index (χ2v) is 4.37. The molecule has 0 spiro atoms. The van der Waals surface area contributed by atoms with Crippen molar-refractivity contribution < 1.29 is 13.9 Å². The third kappa shape index (κ3) is 3.24. The summed E-state index contributed by atoms with van der Waals surface area (Å²) in [6.07, 6.45) is 2.71. The molecule has 7 heteroatoms. The zero-order chi connectivity index (χ0) is 13.0. The van der Waals surface area contributed by atoms with Gasteiger partial charge < -0.3 is 5.11 Å². The molecular weight excluding hydrogens is 242 g/mol. The number of imidazole rings is 1. The van der Waals surface area contributed by atoms with Crippen molar-refractivity contribution in [3.05, 3.63) is 18.2 Å². The lowest BCUT2D eigenvalue weighted by atomic mass is 10.3. The molecule has 0 amide bonds. The van der Waals surface area contributed by atoms with E-state index in [-0.39, 0.29) is 6.61 Å². The van der Waals surface area contributed by atoms with Crippen LogP contribution in [-0.2, 0) is 6.54 Å². The topological polar surface area (TPSA) is 44.5 Å². The van der Waals surface area contributed by atoms with E-state index in [1.165, 1.54) is 12.4 Å². The number of β-amino-alcohol motifs (C(OH)–C–C–N with tert-alkyl or cyclic N) is 1. The lowest BCUT2D eigenvalue weighted by molar-refractivity contribution is 0.0596. The number of hydrogen-bond acceptors (Lipinski definition) is 4. The summed E-state index contributed by atoms with van der Waals surface area (Å²) in [5.74, 6) is 0.403. The summed E-state index contributed by atoms with van der Waals surface area (Å²) >= 11 is 0. The molecule has 0 unspecified atom stereocenters. The van der Waals surface area contributed by atoms with Crippen molar-refractivity contribution in [3.63, 3.8) is 0 Å². The molecule has 5 nitrogen and oxygen atoms in total. The first-order valence-electron chi connectivity index (χ1n) is 6.06. The summed E-state index contributed by atoms with van der Waals surface area (Å²) in [5, 5.41) is 8.84. The van der Waals surface area contributed by atoms with Crippen LogP contribution >= 0.6 is 0 Å². The highest BCUT2D eigenvalue weighted by Gasteiger charge is 2.19. The van der Waals surface area contributed by atoms with E-state index in [0.717, 1.165) is 30.7 Å². The van der Waals surface area contributed by atoms with Gasteiger partial charge in [0.15, 0.2) is 0 Å². The number of piperazine rings is 1. The number of halogens is 2. The van der Waals surface area contributed by atoms with Gasteiger partial charge in [0.25, 0.3) is 0 Å². The Morgan fingerprint density at radius 2 is 1.89 bits per heavy atom. The molecule has 102 valence electrons. The van der Waals surface area contributed by atoms with Gasteiger partial charge in [-0.25, -0.2) is 4.98 Å². The van der Waals surface area contributed by atoms with Crippen LogP contribution in [0.15, 0.2) is 12.4 Å². The van der Waals surface area contributed by atoms with Gasteiger partial charge in [-0.2, -0.15) is 8.78 Å². The van der Waals surface area contributed by atoms with E-state index >= 15 is 0 Å². The summed E-state index contributed by atoms with van der Waals surface area (Å²) in [6, 6.07) is 0. The van der Waals surface area contributed by atoms with Gasteiger partial charge in [0.05, 0.1) is 13.2 Å². The molecule has 18 heavy (non-hydrogen) atoms. The maximum absolute atomic E-state index is 12.6. The predicted octanol–water partition coefficient (Wildman–Crippen LogP) is 0.388. The Morgan fingerprint density at radius 1 is 1.22 bits per heavy atom. The van der Waals surface area contributed by atoms with Crippen LogP contribution in [0.1, 0.15) is 12.4 Å². The molecule has 1 aromatic rings. The smallest absolute Gasteiger partial charge is 0.319 e. The normalized spacial score (nSPS) is 18.7. The largest absolute Gasteiger partial charge is 0.395 e. The van der Waals surface area contributed by atoms with Crippen LogP contribution in [0.25, 0.3) is 0 Å². The van der Waals surface area contributed by atoms with Crippen LogP contribution in [-0.4, -0.2) is 63.8 Å². The number of aliphatic hydroxyl groups is 1. The Hall–Kier alpha value is -1.05. The van der Waals surface area contributed by atoms with Gasteiger partial charge in [0.2, 0.25) is 0 Å². The van der Waals surface area contributed by atoms with Crippen molar-refractivity contribution in [1.82, 2.24) is 19.4 Å². The van der Waals surface area contributed by atoms with E-state index < -0.39 is 6.55 Å². The number of aromatic nitrogens is 2. The number of alkyl halides is 2. The highest BCUT2D eigenvalue weighted by molar-refractivity contribution is 4.93. The molecule has 1 saturated heterocycles. The van der Waals surface area contributed by atoms with E-state index in [1.54, 1.807) is 0 Å². The van der Waals surface area contributed by atoms with Crippen molar-refractivity contribution in [1.29, 1.82) is 0 Å². The Morgan fingerprint density at radius 3 is 2.50 bits per heavy atom. The predicted molar refractivity (Wildman–Crippen MR) is 62.3 cm³/mol. The minimum Gasteiger partial charge on any atom is -0.395 e. The average molecular weight is 260 g/mol. The molecule has 2 rings (SSSR count). The summed E-state index contributed by atoms with van der Waals surface area (Å²) in [5.41, 5.74) is 0. The fraction of sp³-hybridized carbons (Fsp3) is 0.727. The highest BCUT2D eigenvalue weighted by atomic mass is 19.3. The van der Waals surface area contributed by atoms with Crippen LogP contribution in [0.4, 0.5) is 8.78 Å². The van der Waals surface area contributed by atoms with E-state index in [4.69, 9.17) is 5.11 Å². The highest BCUT2D eigenvalue weighted by Crippen LogP contribution is 2.14. The zero-order valence-corrected chi connectivity index (χ0v) is 10.2. The van der Waals surface area contributed by atoms with Crippen molar-refractivity contribution in [2.75, 3.05) is 39.3 Å². The molecule has 2 heterocycles. The summed E-state index contributed by atoms with van der Waals surface area (Å²) in [4.78, 5) is 8.24. The van der Waals surface area contributed by atoms with Gasteiger partial charge in [0, 0.05) is 45.1 Å². The molecule has 0 aliphatic carbocycles. The third-order valence-electron chi connectivity index (χ3n) is 3.21. The molecule has 0 saturated carbocycles. The van der Waals surface area contributed by atoms with E-state index in [0.29, 0.717) is 18.9 Å². The monoisotopic (exact) mass is 260 g/mol. The van der Waals surface area contributed by atoms with Gasteiger partial charge in [-0.05, 0) is 0 Å². The van der Waals surface area contributed by atoms with Gasteiger partial charge in [-0.1, -0.05) is 0 Å². The van der Waals surface area contributed by atoms with Crippen LogP contribution in [0.3, 0.4) is 0 Å². The molecule has 1 fully saturated rings. The molecule has 1 N–H and O–H groups in total. The first-order chi connectivity index (χ1) is 8.70. The Bertz CT molecular complexity index is 364. The first kappa shape index (κ1) is 13.4. The number of nitrogens with zero attached hydrogens (tertiary/aromatic N) is 4. The standard InChI is InChI=1S/C11H18F2N4O/c12-11(13)17-2-1-14-10(17)9-16-5-3-15(4-6-16)7-8-18/h1-2,11,18H,3-9H2. The SMILES string of the molecule is OCCN1CCN(Cc2nccn2C(F)F)CC1. The summed E-state index contributed by atoms with van der Waals surface area (Å²) in [6.45, 7) is 2.11. The lowest BCUT2D eigenvalue weighted by Crippen LogP contribution is -2.46. The van der Waals surface area contributed by atoms with E-state index in [9.17, 15) is 8.78 Å². The maximum atomic E-state index is 12.6. The van der Waals surface area contributed by atoms with Crippen molar-refractivity contribution in [2.45, 2.75) is 13.1 Å². The molecular formula is C11H18F2N4O. The zero-order valence-electron chi connectivity index (χ0n) is 10.2. The van der Waals surface area contributed by atoms with Crippen molar-refractivity contribution >= 4 is 0 Å². The van der Waals surface area contributed by atoms with Gasteiger partial charge in [0.1, 0.15) is 5.82 Å². The van der Waals surface area contributed by atoms with Gasteiger partial charge >= 0.3 is 6.55 Å². The average Bonchev–Trinajstić information content (AvgIpc) is 2.80. The molecule has 0 radical (unpaired) electrons. The van der Waals surface area contributed by atoms with Crippen molar-refractivity contribution in [3.8, 4) is 0 Å². The molecule has 1 aliphatic rings. The first-order valence-corrected chi connectivity index (χ1v) is 6.06. The van der Waals surface area contributed by atoms with Crippen LogP contribution in [0.5, 0.6) is 0 Å². The molecule has 0 atom stereocenters. The second kappa shape index (κ2) is 6.21. The Balaban J connectivity index is 1.86. The number of hydrogen-bond donors (Lipinski definition) is 1. The molecule has 0 aromatic carbocycles. The minimum absolute atomic E-state index is 0.162. The van der Waals surface area contributed by atoms with Crippen LogP contribution < -0.4 is 0 Å². The Kier molecular flexibility index (Phi) is 4.62. The maximum Gasteiger partial charge on any atom is 0.319 e. The van der Waals surface area contributed by atoms with Crippen LogP contribution in [0.2, 0.25) is 0 Å². The van der Waals surface area contributed by atoms with Crippen LogP contribution in [0, 0.1) is 0 Å². The Labute approximate surface area is 105 Å². The fourth-order valence-corrected chi connectivity index (χ4v) is 2.16. The second-order valence-electron chi connectivity index (χ2n) is 4.37. The lowest BCUT2D eigenvalue weighted by Gasteiger charge is -2.34. The number of aliphatic hydroxyl groups excluding tert-OH is 1. The number of rotatable bonds is 5. The fourth-order valence-electron chi connectivity index (χ4n) is 2.16. The van der Waals surface area contributed by atoms with Gasteiger partial charge in [-0.15, -0.1) is 0 Å². The van der Waals surface area contributed by atoms with Crippen molar-refractivity contribution in [2.24, 2.45) is 0 Å². The molecule has 1 aliphatic heterocycles. The third-order valence-corrected chi connectivity index (χ3v) is 3.21. The van der Waals surface area contributed by atoms with E-state index in [2.05, 4.69) is 14.8 Å². The summed E-state index contributed by atoms with van der Waals surface area (Å²) < 4.78 is 26.2. The molecule has 0 bridgehead atoms. The summed E-state index contributed by atoms with van der Waals surface area (Å²) in [7, 11) is 0. The van der Waals surface area contributed by atoms with Gasteiger partial charge in [-0.3, -0.25) is 14.4 Å². The quantitative estimate of drug-likeness (QED) is 0.831. The van der Waals surface area contributed by atoms with E-state index in [1.807, 2.05) is 0 Å². The minimum atomic E-state index is -2.53. The molecule has 1 aromatic heterocycles.